The van der Waals surface area contributed by atoms with Crippen LogP contribution in [0.5, 0.6) is 0 Å². The zero-order valence-electron chi connectivity index (χ0n) is 13.9. The Labute approximate surface area is 150 Å². The summed E-state index contributed by atoms with van der Waals surface area (Å²) >= 11 is 0.828. The Balaban J connectivity index is 2.26. The maximum Gasteiger partial charge on any atom is 0.417 e. The third kappa shape index (κ3) is 9.46. The minimum Gasteiger partial charge on any atom is -0.480 e. The Morgan fingerprint density at radius 1 is 1.16 bits per heavy atom. The van der Waals surface area contributed by atoms with E-state index in [2.05, 4.69) is 10.0 Å². The van der Waals surface area contributed by atoms with E-state index in [-0.39, 0.29) is 19.0 Å². The van der Waals surface area contributed by atoms with E-state index < -0.39 is 24.2 Å². The molecule has 25 heavy (non-hydrogen) atoms. The Bertz CT molecular complexity index is 555. The smallest absolute Gasteiger partial charge is 0.417 e. The maximum atomic E-state index is 11.6. The Morgan fingerprint density at radius 2 is 1.88 bits per heavy atom. The molecule has 0 saturated heterocycles. The molecular formula is C16H22N2O6S. The summed E-state index contributed by atoms with van der Waals surface area (Å²) in [5.41, 5.74) is 0.836. The fourth-order valence-corrected chi connectivity index (χ4v) is 2.26. The lowest BCUT2D eigenvalue weighted by Crippen LogP contribution is -2.43. The zero-order valence-corrected chi connectivity index (χ0v) is 14.7. The minimum absolute atomic E-state index is 0.0708. The van der Waals surface area contributed by atoms with Gasteiger partial charge in [-0.3, -0.25) is 4.72 Å². The van der Waals surface area contributed by atoms with Crippen molar-refractivity contribution in [2.45, 2.75) is 32.4 Å². The second-order valence-corrected chi connectivity index (χ2v) is 5.83. The average molecular weight is 370 g/mol. The Kier molecular flexibility index (Phi) is 9.91. The topological polar surface area (TPSA) is 114 Å². The van der Waals surface area contributed by atoms with E-state index in [1.165, 1.54) is 0 Å². The number of aliphatic carboxylic acids is 1. The number of unbranched alkanes of at least 4 members (excludes halogenated alkanes) is 1. The highest BCUT2D eigenvalue weighted by Crippen LogP contribution is 2.04. The Hall–Kier alpha value is -2.42. The summed E-state index contributed by atoms with van der Waals surface area (Å²) in [6.45, 7) is 2.28. The van der Waals surface area contributed by atoms with Crippen molar-refractivity contribution in [3.63, 3.8) is 0 Å². The number of hydrogen-bond donors (Lipinski definition) is 3. The van der Waals surface area contributed by atoms with Crippen molar-refractivity contribution in [2.24, 2.45) is 0 Å². The molecule has 0 spiro atoms. The van der Waals surface area contributed by atoms with Crippen molar-refractivity contribution in [1.82, 2.24) is 10.0 Å². The molecular weight excluding hydrogens is 348 g/mol. The minimum atomic E-state index is -1.22. The van der Waals surface area contributed by atoms with E-state index in [9.17, 15) is 14.4 Å². The van der Waals surface area contributed by atoms with Gasteiger partial charge in [0, 0.05) is 5.75 Å². The summed E-state index contributed by atoms with van der Waals surface area (Å²) < 4.78 is 12.2. The van der Waals surface area contributed by atoms with Crippen LogP contribution in [0.3, 0.4) is 0 Å². The fraction of sp³-hybridized carbons (Fsp3) is 0.438. The van der Waals surface area contributed by atoms with Gasteiger partial charge in [-0.2, -0.15) is 0 Å². The number of alkyl carbamates (subject to hydrolysis) is 1. The van der Waals surface area contributed by atoms with Crippen LogP contribution in [0.25, 0.3) is 0 Å². The summed E-state index contributed by atoms with van der Waals surface area (Å²) in [4.78, 5) is 34.1. The first-order valence-corrected chi connectivity index (χ1v) is 8.76. The van der Waals surface area contributed by atoms with Crippen LogP contribution in [-0.4, -0.2) is 41.7 Å². The molecule has 1 aromatic carbocycles. The first kappa shape index (κ1) is 20.6. The summed E-state index contributed by atoms with van der Waals surface area (Å²) in [6, 6.07) is 7.95. The molecule has 0 heterocycles. The van der Waals surface area contributed by atoms with Gasteiger partial charge >= 0.3 is 18.2 Å². The largest absolute Gasteiger partial charge is 0.480 e. The molecule has 0 aromatic heterocycles. The molecule has 0 fully saturated rings. The zero-order chi connectivity index (χ0) is 18.5. The van der Waals surface area contributed by atoms with E-state index in [1.807, 2.05) is 37.3 Å². The number of benzene rings is 1. The number of hydrogen-bond acceptors (Lipinski definition) is 6. The standard InChI is InChI=1S/C16H22N2O6S/c1-2-3-9-23-15(21)17-13(14(19)20)11-25-18-16(22)24-10-12-7-5-4-6-8-12/h4-8,13H,2-3,9-11H2,1H3,(H,17,21)(H,18,22)(H,19,20). The van der Waals surface area contributed by atoms with Crippen molar-refractivity contribution >= 4 is 30.1 Å². The van der Waals surface area contributed by atoms with Crippen LogP contribution in [0, 0.1) is 0 Å². The van der Waals surface area contributed by atoms with Crippen molar-refractivity contribution in [1.29, 1.82) is 0 Å². The summed E-state index contributed by atoms with van der Waals surface area (Å²) in [6.07, 6.45) is 0.0755. The van der Waals surface area contributed by atoms with E-state index in [0.717, 1.165) is 23.9 Å². The predicted octanol–water partition coefficient (Wildman–Crippen LogP) is 2.54. The SMILES string of the molecule is CCCCOC(=O)NC(CSNC(=O)OCc1ccccc1)C(=O)O. The van der Waals surface area contributed by atoms with Crippen molar-refractivity contribution < 1.29 is 29.0 Å². The number of carbonyl (C=O) groups is 3. The molecule has 0 saturated carbocycles. The number of carboxylic acids is 1. The Morgan fingerprint density at radius 3 is 2.52 bits per heavy atom. The van der Waals surface area contributed by atoms with E-state index in [1.54, 1.807) is 0 Å². The van der Waals surface area contributed by atoms with Crippen molar-refractivity contribution in [3.05, 3.63) is 35.9 Å². The molecule has 9 heteroatoms. The molecule has 1 unspecified atom stereocenters. The molecule has 0 bridgehead atoms. The molecule has 1 rings (SSSR count). The van der Waals surface area contributed by atoms with Gasteiger partial charge in [0.05, 0.1) is 6.61 Å². The molecule has 0 aliphatic heterocycles. The van der Waals surface area contributed by atoms with Crippen LogP contribution in [0.15, 0.2) is 30.3 Å². The van der Waals surface area contributed by atoms with E-state index in [4.69, 9.17) is 14.6 Å². The van der Waals surface area contributed by atoms with Gasteiger partial charge in [0.1, 0.15) is 12.6 Å². The molecule has 0 aliphatic carbocycles. The normalized spacial score (nSPS) is 11.2. The van der Waals surface area contributed by atoms with Gasteiger partial charge in [-0.05, 0) is 23.9 Å². The lowest BCUT2D eigenvalue weighted by Gasteiger charge is -2.14. The van der Waals surface area contributed by atoms with Gasteiger partial charge < -0.3 is 19.9 Å². The maximum absolute atomic E-state index is 11.6. The highest BCUT2D eigenvalue weighted by atomic mass is 32.2. The van der Waals surface area contributed by atoms with Crippen LogP contribution in [-0.2, 0) is 20.9 Å². The highest BCUT2D eigenvalue weighted by molar-refractivity contribution is 7.98. The molecule has 2 amide bonds. The van der Waals surface area contributed by atoms with Gasteiger partial charge in [-0.25, -0.2) is 14.4 Å². The van der Waals surface area contributed by atoms with Crippen LogP contribution < -0.4 is 10.0 Å². The van der Waals surface area contributed by atoms with Crippen LogP contribution in [0.4, 0.5) is 9.59 Å². The number of amides is 2. The van der Waals surface area contributed by atoms with Gasteiger partial charge in [-0.15, -0.1) is 0 Å². The molecule has 0 radical (unpaired) electrons. The lowest BCUT2D eigenvalue weighted by atomic mass is 10.2. The second kappa shape index (κ2) is 12.0. The van der Waals surface area contributed by atoms with Gasteiger partial charge in [0.2, 0.25) is 0 Å². The monoisotopic (exact) mass is 370 g/mol. The third-order valence-electron chi connectivity index (χ3n) is 2.94. The molecule has 1 aromatic rings. The second-order valence-electron chi connectivity index (χ2n) is 5.00. The first-order valence-electron chi connectivity index (χ1n) is 7.77. The lowest BCUT2D eigenvalue weighted by molar-refractivity contribution is -0.138. The summed E-state index contributed by atoms with van der Waals surface area (Å²) in [5, 5.41) is 11.3. The molecule has 3 N–H and O–H groups in total. The first-order chi connectivity index (χ1) is 12.0. The number of nitrogens with one attached hydrogen (secondary N) is 2. The third-order valence-corrected chi connectivity index (χ3v) is 3.75. The predicted molar refractivity (Wildman–Crippen MR) is 93.0 cm³/mol. The van der Waals surface area contributed by atoms with Crippen LogP contribution >= 0.6 is 11.9 Å². The highest BCUT2D eigenvalue weighted by Gasteiger charge is 2.21. The number of rotatable bonds is 10. The van der Waals surface area contributed by atoms with Crippen molar-refractivity contribution in [2.75, 3.05) is 12.4 Å². The quantitative estimate of drug-likeness (QED) is 0.428. The molecule has 8 nitrogen and oxygen atoms in total. The average Bonchev–Trinajstić information content (AvgIpc) is 2.60. The van der Waals surface area contributed by atoms with Gasteiger partial charge in [-0.1, -0.05) is 43.7 Å². The molecule has 1 atom stereocenters. The number of ether oxygens (including phenoxy) is 2. The van der Waals surface area contributed by atoms with Gasteiger partial charge in [0.25, 0.3) is 0 Å². The van der Waals surface area contributed by atoms with E-state index >= 15 is 0 Å². The van der Waals surface area contributed by atoms with Crippen LogP contribution in [0.1, 0.15) is 25.3 Å². The molecule has 138 valence electrons. The van der Waals surface area contributed by atoms with Crippen molar-refractivity contribution in [3.8, 4) is 0 Å². The van der Waals surface area contributed by atoms with Crippen LogP contribution in [0.2, 0.25) is 0 Å². The summed E-state index contributed by atoms with van der Waals surface area (Å²) in [5.74, 6) is -1.29. The van der Waals surface area contributed by atoms with Gasteiger partial charge in [0.15, 0.2) is 0 Å². The number of carboxylic acid groups (broad SMARTS) is 1. The molecule has 0 aliphatic rings. The fourth-order valence-electron chi connectivity index (χ4n) is 1.60. The van der Waals surface area contributed by atoms with E-state index in [0.29, 0.717) is 6.42 Å². The summed E-state index contributed by atoms with van der Waals surface area (Å²) in [7, 11) is 0. The number of carbonyl (C=O) groups excluding carboxylic acids is 2.